The molecule has 0 saturated carbocycles. The van der Waals surface area contributed by atoms with Gasteiger partial charge >= 0.3 is 0 Å². The van der Waals surface area contributed by atoms with Crippen LogP contribution in [0.1, 0.15) is 18.4 Å². The molecule has 0 spiro atoms. The second kappa shape index (κ2) is 11.4. The van der Waals surface area contributed by atoms with Crippen LogP contribution < -0.4 is 4.90 Å². The summed E-state index contributed by atoms with van der Waals surface area (Å²) in [5, 5.41) is 7.34. The molecule has 0 fully saturated rings. The fraction of sp³-hybridized carbons (Fsp3) is 0.0435. The van der Waals surface area contributed by atoms with Gasteiger partial charge in [0, 0.05) is 53.6 Å². The molecule has 0 aliphatic heterocycles. The van der Waals surface area contributed by atoms with E-state index in [0.717, 1.165) is 35.1 Å². The van der Waals surface area contributed by atoms with Crippen molar-refractivity contribution < 1.29 is 4.42 Å². The van der Waals surface area contributed by atoms with Gasteiger partial charge in [-0.05, 0) is 94.9 Å². The number of anilines is 2. The average molecular weight is 646 g/mol. The number of rotatable bonds is 5. The highest BCUT2D eigenvalue weighted by Gasteiger charge is 2.24. The van der Waals surface area contributed by atoms with Gasteiger partial charge in [-0.2, -0.15) is 0 Å². The number of fused-ring (bicyclic) bond motifs is 7. The van der Waals surface area contributed by atoms with Crippen LogP contribution in [0.15, 0.2) is 174 Å². The Labute approximate surface area is 288 Å². The Morgan fingerprint density at radius 2 is 1.27 bits per heavy atom. The summed E-state index contributed by atoms with van der Waals surface area (Å²) in [5.41, 5.74) is 10.3. The lowest BCUT2D eigenvalue weighted by Crippen LogP contribution is -2.19. The van der Waals surface area contributed by atoms with Crippen molar-refractivity contribution in [1.82, 2.24) is 0 Å². The highest BCUT2D eigenvalue weighted by molar-refractivity contribution is 7.25. The zero-order valence-corrected chi connectivity index (χ0v) is 27.6. The molecule has 0 radical (unpaired) electrons. The van der Waals surface area contributed by atoms with E-state index in [-0.39, 0.29) is 0 Å². The molecular weight excluding hydrogens is 615 g/mol. The molecule has 0 atom stereocenters. The van der Waals surface area contributed by atoms with Crippen LogP contribution in [-0.2, 0) is 0 Å². The van der Waals surface area contributed by atoms with E-state index in [1.54, 1.807) is 0 Å². The Morgan fingerprint density at radius 3 is 2.14 bits per heavy atom. The van der Waals surface area contributed by atoms with E-state index in [9.17, 15) is 0 Å². The molecule has 2 aromatic heterocycles. The van der Waals surface area contributed by atoms with E-state index < -0.39 is 0 Å². The molecule has 10 rings (SSSR count). The Hall–Kier alpha value is -5.90. The molecule has 2 nitrogen and oxygen atoms in total. The molecule has 1 aliphatic carbocycles. The van der Waals surface area contributed by atoms with E-state index in [0.29, 0.717) is 0 Å². The van der Waals surface area contributed by atoms with Gasteiger partial charge in [0.2, 0.25) is 0 Å². The number of allylic oxidation sites excluding steroid dienone is 4. The number of thiophene rings is 1. The SMILES string of the molecule is C1=CC(c2cccc3oc4cc5ccccc5cc4c23)=C(N(c2ccc(-c3ccccc3)cc2)c2ccc3sc4ccccc4c3c2)CC1. The lowest BCUT2D eigenvalue weighted by atomic mass is 9.91. The molecule has 232 valence electrons. The minimum absolute atomic E-state index is 0.915. The highest BCUT2D eigenvalue weighted by atomic mass is 32.1. The van der Waals surface area contributed by atoms with Gasteiger partial charge in [0.15, 0.2) is 0 Å². The molecule has 3 heteroatoms. The standard InChI is InChI=1S/C46H31NOS/c1-2-11-30(12-3-1)31-21-23-34(24-22-31)47(35-25-26-45-39(29-35)37-16-7-9-20-44(37)49-45)41-18-8-6-15-36(41)38-17-10-19-42-46(38)40-27-32-13-4-5-14-33(32)28-43(40)48-42/h1-7,9-17,19-29H,8,18H2. The van der Waals surface area contributed by atoms with Gasteiger partial charge in [-0.25, -0.2) is 0 Å². The smallest absolute Gasteiger partial charge is 0.136 e. The average Bonchev–Trinajstić information content (AvgIpc) is 3.72. The van der Waals surface area contributed by atoms with Crippen molar-refractivity contribution in [3.05, 3.63) is 175 Å². The second-order valence-electron chi connectivity index (χ2n) is 12.8. The molecule has 0 N–H and O–H groups in total. The van der Waals surface area contributed by atoms with Crippen LogP contribution in [0.2, 0.25) is 0 Å². The predicted octanol–water partition coefficient (Wildman–Crippen LogP) is 13.7. The molecular formula is C46H31NOS. The maximum absolute atomic E-state index is 6.53. The van der Waals surface area contributed by atoms with Crippen molar-refractivity contribution in [3.8, 4) is 11.1 Å². The lowest BCUT2D eigenvalue weighted by molar-refractivity contribution is 0.669. The Bertz CT molecular complexity index is 2760. The number of hydrogen-bond acceptors (Lipinski definition) is 3. The lowest BCUT2D eigenvalue weighted by Gasteiger charge is -2.32. The van der Waals surface area contributed by atoms with Gasteiger partial charge in [-0.3, -0.25) is 0 Å². The second-order valence-corrected chi connectivity index (χ2v) is 13.9. The van der Waals surface area contributed by atoms with Gasteiger partial charge < -0.3 is 9.32 Å². The minimum atomic E-state index is 0.915. The van der Waals surface area contributed by atoms with Crippen molar-refractivity contribution in [1.29, 1.82) is 0 Å². The third-order valence-electron chi connectivity index (χ3n) is 9.92. The first-order valence-electron chi connectivity index (χ1n) is 16.9. The van der Waals surface area contributed by atoms with E-state index in [1.165, 1.54) is 70.0 Å². The summed E-state index contributed by atoms with van der Waals surface area (Å²) in [6.07, 6.45) is 6.55. The Morgan fingerprint density at radius 1 is 0.531 bits per heavy atom. The summed E-state index contributed by atoms with van der Waals surface area (Å²) in [4.78, 5) is 2.50. The predicted molar refractivity (Wildman–Crippen MR) is 210 cm³/mol. The number of hydrogen-bond donors (Lipinski definition) is 0. The fourth-order valence-corrected chi connectivity index (χ4v) is 8.70. The van der Waals surface area contributed by atoms with Crippen molar-refractivity contribution >= 4 is 81.2 Å². The quantitative estimate of drug-likeness (QED) is 0.185. The van der Waals surface area contributed by atoms with Crippen molar-refractivity contribution in [2.24, 2.45) is 0 Å². The van der Waals surface area contributed by atoms with Gasteiger partial charge in [0.25, 0.3) is 0 Å². The van der Waals surface area contributed by atoms with Crippen LogP contribution in [0.3, 0.4) is 0 Å². The van der Waals surface area contributed by atoms with E-state index in [2.05, 4.69) is 169 Å². The van der Waals surface area contributed by atoms with Crippen molar-refractivity contribution in [2.45, 2.75) is 12.8 Å². The zero-order valence-electron chi connectivity index (χ0n) is 26.8. The van der Waals surface area contributed by atoms with Crippen LogP contribution in [0.4, 0.5) is 11.4 Å². The first-order valence-corrected chi connectivity index (χ1v) is 17.7. The Balaban J connectivity index is 1.22. The molecule has 49 heavy (non-hydrogen) atoms. The van der Waals surface area contributed by atoms with Gasteiger partial charge in [-0.15, -0.1) is 11.3 Å². The summed E-state index contributed by atoms with van der Waals surface area (Å²) in [6, 6.07) is 55.0. The van der Waals surface area contributed by atoms with E-state index in [4.69, 9.17) is 4.42 Å². The maximum atomic E-state index is 6.53. The largest absolute Gasteiger partial charge is 0.456 e. The molecule has 0 saturated heterocycles. The minimum Gasteiger partial charge on any atom is -0.456 e. The van der Waals surface area contributed by atoms with Gasteiger partial charge in [-0.1, -0.05) is 109 Å². The molecule has 2 heterocycles. The van der Waals surface area contributed by atoms with Crippen LogP contribution in [-0.4, -0.2) is 0 Å². The topological polar surface area (TPSA) is 16.4 Å². The third kappa shape index (κ3) is 4.69. The normalized spacial score (nSPS) is 13.4. The highest BCUT2D eigenvalue weighted by Crippen LogP contribution is 2.45. The third-order valence-corrected chi connectivity index (χ3v) is 11.1. The van der Waals surface area contributed by atoms with E-state index >= 15 is 0 Å². The van der Waals surface area contributed by atoms with Crippen molar-refractivity contribution in [3.63, 3.8) is 0 Å². The number of furan rings is 1. The van der Waals surface area contributed by atoms with Gasteiger partial charge in [0.1, 0.15) is 11.2 Å². The number of benzene rings is 7. The maximum Gasteiger partial charge on any atom is 0.136 e. The molecule has 7 aromatic carbocycles. The van der Waals surface area contributed by atoms with E-state index in [1.807, 2.05) is 11.3 Å². The molecule has 1 aliphatic rings. The van der Waals surface area contributed by atoms with Crippen LogP contribution in [0, 0.1) is 0 Å². The summed E-state index contributed by atoms with van der Waals surface area (Å²) >= 11 is 1.86. The molecule has 0 bridgehead atoms. The van der Waals surface area contributed by atoms with Gasteiger partial charge in [0.05, 0.1) is 0 Å². The monoisotopic (exact) mass is 645 g/mol. The molecule has 9 aromatic rings. The fourth-order valence-electron chi connectivity index (χ4n) is 7.61. The van der Waals surface area contributed by atoms with Crippen LogP contribution >= 0.6 is 11.3 Å². The molecule has 0 amide bonds. The summed E-state index contributed by atoms with van der Waals surface area (Å²) in [7, 11) is 0. The van der Waals surface area contributed by atoms with Crippen LogP contribution in [0.25, 0.3) is 69.6 Å². The Kier molecular flexibility index (Phi) is 6.53. The zero-order chi connectivity index (χ0) is 32.3. The summed E-state index contributed by atoms with van der Waals surface area (Å²) in [5.74, 6) is 0. The molecule has 0 unspecified atom stereocenters. The van der Waals surface area contributed by atoms with Crippen LogP contribution in [0.5, 0.6) is 0 Å². The van der Waals surface area contributed by atoms with Crippen molar-refractivity contribution in [2.75, 3.05) is 4.90 Å². The summed E-state index contributed by atoms with van der Waals surface area (Å²) < 4.78 is 9.16. The first kappa shape index (κ1) is 28.1. The first-order chi connectivity index (χ1) is 24.3. The summed E-state index contributed by atoms with van der Waals surface area (Å²) in [6.45, 7) is 0. The number of nitrogens with zero attached hydrogens (tertiary/aromatic N) is 1.